The maximum atomic E-state index is 12.5. The molecule has 0 radical (unpaired) electrons. The molecule has 0 bridgehead atoms. The minimum absolute atomic E-state index is 0.0387. The molecule has 1 unspecified atom stereocenters. The zero-order valence-corrected chi connectivity index (χ0v) is 12.6. The summed E-state index contributed by atoms with van der Waals surface area (Å²) < 4.78 is 0. The summed E-state index contributed by atoms with van der Waals surface area (Å²) in [4.78, 5) is 14.5. The van der Waals surface area contributed by atoms with Gasteiger partial charge in [-0.1, -0.05) is 19.1 Å². The van der Waals surface area contributed by atoms with Crippen LogP contribution in [0.25, 0.3) is 0 Å². The molecule has 0 aromatic carbocycles. The van der Waals surface area contributed by atoms with Gasteiger partial charge in [0.25, 0.3) is 5.91 Å². The zero-order valence-electron chi connectivity index (χ0n) is 11.8. The average molecular weight is 280 g/mol. The highest BCUT2D eigenvalue weighted by atomic mass is 32.1. The van der Waals surface area contributed by atoms with E-state index < -0.39 is 0 Å². The van der Waals surface area contributed by atoms with E-state index in [1.165, 1.54) is 0 Å². The number of hydrogen-bond donors (Lipinski definition) is 1. The molecule has 0 aliphatic carbocycles. The summed E-state index contributed by atoms with van der Waals surface area (Å²) in [6.07, 6.45) is 1.18. The van der Waals surface area contributed by atoms with Crippen molar-refractivity contribution in [1.82, 2.24) is 15.1 Å². The lowest BCUT2D eigenvalue weighted by molar-refractivity contribution is 0.0746. The van der Waals surface area contributed by atoms with Crippen molar-refractivity contribution in [3.63, 3.8) is 0 Å². The Hall–Kier alpha value is -1.56. The molecule has 19 heavy (non-hydrogen) atoms. The molecule has 1 amide bonds. The Morgan fingerprint density at radius 2 is 2.16 bits per heavy atom. The third-order valence-electron chi connectivity index (χ3n) is 3.04. The lowest BCUT2D eigenvalue weighted by Crippen LogP contribution is -2.38. The van der Waals surface area contributed by atoms with Crippen LogP contribution in [0, 0.1) is 6.92 Å². The van der Waals surface area contributed by atoms with Crippen LogP contribution >= 0.6 is 12.2 Å². The number of thiocarbonyl (C=S) groups is 1. The maximum Gasteiger partial charge on any atom is 0.255 e. The molecule has 0 saturated heterocycles. The summed E-state index contributed by atoms with van der Waals surface area (Å²) in [6.45, 7) is 5.69. The van der Waals surface area contributed by atoms with E-state index in [1.54, 1.807) is 18.0 Å². The predicted octanol–water partition coefficient (Wildman–Crippen LogP) is 1.48. The van der Waals surface area contributed by atoms with E-state index >= 15 is 0 Å². The Morgan fingerprint density at radius 1 is 1.53 bits per heavy atom. The van der Waals surface area contributed by atoms with E-state index in [0.29, 0.717) is 29.1 Å². The third kappa shape index (κ3) is 3.96. The Labute approximate surface area is 119 Å². The Morgan fingerprint density at radius 3 is 2.68 bits per heavy atom. The molecule has 5 nitrogen and oxygen atoms in total. The molecule has 104 valence electrons. The number of nitrogens with zero attached hydrogens (tertiary/aromatic N) is 3. The number of carbonyl (C=O) groups is 1. The number of aromatic nitrogens is 2. The molecule has 0 aliphatic rings. The summed E-state index contributed by atoms with van der Waals surface area (Å²) in [5.41, 5.74) is 7.57. The highest BCUT2D eigenvalue weighted by Crippen LogP contribution is 2.13. The first-order chi connectivity index (χ1) is 8.86. The van der Waals surface area contributed by atoms with Crippen molar-refractivity contribution in [2.75, 3.05) is 7.05 Å². The van der Waals surface area contributed by atoms with Crippen LogP contribution in [-0.4, -0.2) is 39.1 Å². The standard InChI is InChI=1S/C13H20N4OS/c1-5-11-10(6-8(2)15-16-11)13(18)17(4)9(3)7-12(14)19/h6,9H,5,7H2,1-4H3,(H2,14,19). The van der Waals surface area contributed by atoms with Crippen LogP contribution in [0.1, 0.15) is 42.0 Å². The molecule has 0 spiro atoms. The van der Waals surface area contributed by atoms with E-state index in [9.17, 15) is 4.79 Å². The number of aryl methyl sites for hydroxylation is 2. The van der Waals surface area contributed by atoms with Gasteiger partial charge in [-0.05, 0) is 26.3 Å². The quantitative estimate of drug-likeness (QED) is 0.827. The lowest BCUT2D eigenvalue weighted by Gasteiger charge is -2.25. The summed E-state index contributed by atoms with van der Waals surface area (Å²) in [5, 5.41) is 8.06. The lowest BCUT2D eigenvalue weighted by atomic mass is 10.1. The summed E-state index contributed by atoms with van der Waals surface area (Å²) in [7, 11) is 1.75. The monoisotopic (exact) mass is 280 g/mol. The fraction of sp³-hybridized carbons (Fsp3) is 0.538. The second kappa shape index (κ2) is 6.56. The topological polar surface area (TPSA) is 72.1 Å². The molecule has 1 rings (SSSR count). The zero-order chi connectivity index (χ0) is 14.6. The van der Waals surface area contributed by atoms with Gasteiger partial charge in [0, 0.05) is 19.5 Å². The Kier molecular flexibility index (Phi) is 5.35. The first-order valence-corrected chi connectivity index (χ1v) is 6.66. The van der Waals surface area contributed by atoms with Gasteiger partial charge in [-0.15, -0.1) is 0 Å². The highest BCUT2D eigenvalue weighted by Gasteiger charge is 2.21. The van der Waals surface area contributed by atoms with Gasteiger partial charge in [-0.25, -0.2) is 0 Å². The molecule has 1 aromatic heterocycles. The van der Waals surface area contributed by atoms with Crippen molar-refractivity contribution in [3.8, 4) is 0 Å². The first-order valence-electron chi connectivity index (χ1n) is 6.25. The van der Waals surface area contributed by atoms with Gasteiger partial charge in [0.2, 0.25) is 0 Å². The molecular weight excluding hydrogens is 260 g/mol. The Balaban J connectivity index is 2.99. The van der Waals surface area contributed by atoms with Gasteiger partial charge in [0.1, 0.15) is 0 Å². The van der Waals surface area contributed by atoms with E-state index in [2.05, 4.69) is 10.2 Å². The van der Waals surface area contributed by atoms with Gasteiger partial charge in [-0.2, -0.15) is 10.2 Å². The second-order valence-corrected chi connectivity index (χ2v) is 5.16. The van der Waals surface area contributed by atoms with Crippen molar-refractivity contribution >= 4 is 23.1 Å². The SMILES string of the molecule is CCc1nnc(C)cc1C(=O)N(C)C(C)CC(N)=S. The van der Waals surface area contributed by atoms with Crippen molar-refractivity contribution in [1.29, 1.82) is 0 Å². The van der Waals surface area contributed by atoms with Crippen LogP contribution < -0.4 is 5.73 Å². The molecule has 0 aliphatic heterocycles. The van der Waals surface area contributed by atoms with Gasteiger partial charge in [-0.3, -0.25) is 4.79 Å². The predicted molar refractivity (Wildman–Crippen MR) is 79.1 cm³/mol. The van der Waals surface area contributed by atoms with Gasteiger partial charge in [0.05, 0.1) is 21.9 Å². The number of nitrogens with two attached hydrogens (primary N) is 1. The summed E-state index contributed by atoms with van der Waals surface area (Å²) in [5.74, 6) is -0.0707. The van der Waals surface area contributed by atoms with Crippen LogP contribution in [-0.2, 0) is 6.42 Å². The van der Waals surface area contributed by atoms with E-state index in [-0.39, 0.29) is 11.9 Å². The van der Waals surface area contributed by atoms with Crippen LogP contribution in [0.5, 0.6) is 0 Å². The number of amides is 1. The number of hydrogen-bond acceptors (Lipinski definition) is 4. The first kappa shape index (κ1) is 15.5. The fourth-order valence-electron chi connectivity index (χ4n) is 1.78. The van der Waals surface area contributed by atoms with E-state index in [4.69, 9.17) is 18.0 Å². The molecular formula is C13H20N4OS. The largest absolute Gasteiger partial charge is 0.393 e. The van der Waals surface area contributed by atoms with Crippen molar-refractivity contribution in [2.24, 2.45) is 5.73 Å². The Bertz CT molecular complexity index is 490. The summed E-state index contributed by atoms with van der Waals surface area (Å²) in [6, 6.07) is 1.74. The van der Waals surface area contributed by atoms with Crippen LogP contribution in [0.2, 0.25) is 0 Å². The molecule has 0 fully saturated rings. The molecule has 2 N–H and O–H groups in total. The minimum Gasteiger partial charge on any atom is -0.393 e. The number of rotatable bonds is 5. The highest BCUT2D eigenvalue weighted by molar-refractivity contribution is 7.80. The molecule has 1 atom stereocenters. The molecule has 1 heterocycles. The van der Waals surface area contributed by atoms with Crippen LogP contribution in [0.4, 0.5) is 0 Å². The van der Waals surface area contributed by atoms with E-state index in [1.807, 2.05) is 20.8 Å². The third-order valence-corrected chi connectivity index (χ3v) is 3.20. The van der Waals surface area contributed by atoms with Gasteiger partial charge in [0.15, 0.2) is 0 Å². The molecule has 6 heteroatoms. The fourth-order valence-corrected chi connectivity index (χ4v) is 2.02. The van der Waals surface area contributed by atoms with Crippen molar-refractivity contribution < 1.29 is 4.79 Å². The smallest absolute Gasteiger partial charge is 0.255 e. The average Bonchev–Trinajstić information content (AvgIpc) is 2.36. The van der Waals surface area contributed by atoms with Crippen molar-refractivity contribution in [3.05, 3.63) is 23.0 Å². The van der Waals surface area contributed by atoms with Crippen molar-refractivity contribution in [2.45, 2.75) is 39.7 Å². The molecule has 1 aromatic rings. The van der Waals surface area contributed by atoms with Crippen LogP contribution in [0.15, 0.2) is 6.07 Å². The normalized spacial score (nSPS) is 12.0. The van der Waals surface area contributed by atoms with Crippen LogP contribution in [0.3, 0.4) is 0 Å². The molecule has 0 saturated carbocycles. The van der Waals surface area contributed by atoms with E-state index in [0.717, 1.165) is 5.69 Å². The minimum atomic E-state index is -0.0707. The summed E-state index contributed by atoms with van der Waals surface area (Å²) >= 11 is 4.88. The van der Waals surface area contributed by atoms with Gasteiger partial charge >= 0.3 is 0 Å². The van der Waals surface area contributed by atoms with Gasteiger partial charge < -0.3 is 10.6 Å². The second-order valence-electron chi connectivity index (χ2n) is 4.64. The number of carbonyl (C=O) groups excluding carboxylic acids is 1. The maximum absolute atomic E-state index is 12.5.